The molecule has 1 aromatic carbocycles. The number of carbonyl (C=O) groups is 1. The minimum Gasteiger partial charge on any atom is -0.484 e. The number of ether oxygens (including phenoxy) is 1. The highest BCUT2D eigenvalue weighted by Crippen LogP contribution is 2.37. The third-order valence-electron chi connectivity index (χ3n) is 3.84. The number of amides is 1. The minimum atomic E-state index is -2.97. The van der Waals surface area contributed by atoms with Crippen molar-refractivity contribution in [2.24, 2.45) is 4.99 Å². The zero-order valence-corrected chi connectivity index (χ0v) is 14.3. The molecular weight excluding hydrogens is 336 g/mol. The molecule has 2 aliphatic heterocycles. The fourth-order valence-corrected chi connectivity index (χ4v) is 6.84. The maximum absolute atomic E-state index is 12.0. The molecule has 0 N–H and O–H groups in total. The maximum Gasteiger partial charge on any atom is 0.285 e. The number of benzene rings is 1. The molecule has 124 valence electrons. The van der Waals surface area contributed by atoms with Gasteiger partial charge in [-0.3, -0.25) is 4.79 Å². The number of fused-ring (bicyclic) bond motifs is 1. The molecule has 0 spiro atoms. The Morgan fingerprint density at radius 3 is 2.78 bits per heavy atom. The van der Waals surface area contributed by atoms with Crippen LogP contribution in [0.2, 0.25) is 0 Å². The van der Waals surface area contributed by atoms with Crippen molar-refractivity contribution >= 4 is 32.7 Å². The number of rotatable bonds is 4. The summed E-state index contributed by atoms with van der Waals surface area (Å²) in [6.45, 7) is 2.45. The van der Waals surface area contributed by atoms with Crippen molar-refractivity contribution < 1.29 is 17.9 Å². The standard InChI is InChI=1S/C15H18N2O4S2/c1-2-17-12-9-23(19,20)10-13(12)22-15(17)16-14(18)8-21-11-6-4-3-5-7-11/h3-7,12-13H,2,8-10H2,1H3/t12-,13-/m0/s1. The SMILES string of the molecule is CCN1C(=NC(=O)COc2ccccc2)S[C@H]2CS(=O)(=O)C[C@@H]21. The van der Waals surface area contributed by atoms with E-state index in [2.05, 4.69) is 4.99 Å². The van der Waals surface area contributed by atoms with Gasteiger partial charge in [0.15, 0.2) is 21.6 Å². The fraction of sp³-hybridized carbons (Fsp3) is 0.467. The smallest absolute Gasteiger partial charge is 0.285 e. The van der Waals surface area contributed by atoms with E-state index in [4.69, 9.17) is 4.74 Å². The van der Waals surface area contributed by atoms with E-state index in [9.17, 15) is 13.2 Å². The van der Waals surface area contributed by atoms with Gasteiger partial charge in [-0.1, -0.05) is 30.0 Å². The summed E-state index contributed by atoms with van der Waals surface area (Å²) in [6, 6.07) is 9.02. The van der Waals surface area contributed by atoms with Crippen LogP contribution in [0.4, 0.5) is 0 Å². The van der Waals surface area contributed by atoms with Crippen LogP contribution >= 0.6 is 11.8 Å². The van der Waals surface area contributed by atoms with Gasteiger partial charge < -0.3 is 9.64 Å². The predicted molar refractivity (Wildman–Crippen MR) is 90.6 cm³/mol. The summed E-state index contributed by atoms with van der Waals surface area (Å²) in [5.74, 6) is 0.562. The van der Waals surface area contributed by atoms with Gasteiger partial charge in [0.05, 0.1) is 17.5 Å². The highest BCUT2D eigenvalue weighted by molar-refractivity contribution is 8.15. The van der Waals surface area contributed by atoms with Gasteiger partial charge in [0.1, 0.15) is 5.75 Å². The minimum absolute atomic E-state index is 0.0264. The van der Waals surface area contributed by atoms with Gasteiger partial charge in [-0.2, -0.15) is 4.99 Å². The second kappa shape index (κ2) is 6.52. The molecule has 2 saturated heterocycles. The Hall–Kier alpha value is -1.54. The van der Waals surface area contributed by atoms with Crippen LogP contribution in [0.15, 0.2) is 35.3 Å². The third-order valence-corrected chi connectivity index (χ3v) is 7.09. The van der Waals surface area contributed by atoms with Gasteiger partial charge in [0.2, 0.25) is 0 Å². The van der Waals surface area contributed by atoms with Gasteiger partial charge in [0, 0.05) is 11.8 Å². The molecule has 3 rings (SSSR count). The molecule has 0 saturated carbocycles. The number of sulfone groups is 1. The van der Waals surface area contributed by atoms with Crippen LogP contribution in [-0.4, -0.2) is 60.3 Å². The number of aliphatic imine (C=N–C) groups is 1. The lowest BCUT2D eigenvalue weighted by Gasteiger charge is -2.22. The predicted octanol–water partition coefficient (Wildman–Crippen LogP) is 1.18. The van der Waals surface area contributed by atoms with Crippen LogP contribution in [0, 0.1) is 0 Å². The second-order valence-corrected chi connectivity index (χ2v) is 8.84. The lowest BCUT2D eigenvalue weighted by molar-refractivity contribution is -0.119. The van der Waals surface area contributed by atoms with Gasteiger partial charge in [-0.25, -0.2) is 8.42 Å². The molecule has 8 heteroatoms. The number of amidine groups is 1. The average molecular weight is 354 g/mol. The molecule has 2 atom stereocenters. The summed E-state index contributed by atoms with van der Waals surface area (Å²) in [7, 11) is -2.97. The van der Waals surface area contributed by atoms with Crippen LogP contribution in [0.25, 0.3) is 0 Å². The molecule has 1 amide bonds. The molecule has 2 heterocycles. The molecule has 0 bridgehead atoms. The Bertz CT molecular complexity index is 718. The molecule has 2 fully saturated rings. The van der Waals surface area contributed by atoms with E-state index in [1.54, 1.807) is 12.1 Å². The average Bonchev–Trinajstić information content (AvgIpc) is 2.97. The second-order valence-electron chi connectivity index (χ2n) is 5.48. The summed E-state index contributed by atoms with van der Waals surface area (Å²) >= 11 is 1.39. The van der Waals surface area contributed by atoms with Crippen molar-refractivity contribution in [3.63, 3.8) is 0 Å². The van der Waals surface area contributed by atoms with Crippen LogP contribution in [-0.2, 0) is 14.6 Å². The largest absolute Gasteiger partial charge is 0.484 e. The Morgan fingerprint density at radius 2 is 2.09 bits per heavy atom. The summed E-state index contributed by atoms with van der Waals surface area (Å²) in [4.78, 5) is 18.0. The number of nitrogens with zero attached hydrogens (tertiary/aromatic N) is 2. The molecule has 0 unspecified atom stereocenters. The number of para-hydroxylation sites is 1. The monoisotopic (exact) mass is 354 g/mol. The van der Waals surface area contributed by atoms with Crippen LogP contribution < -0.4 is 4.74 Å². The van der Waals surface area contributed by atoms with Gasteiger partial charge in [-0.15, -0.1) is 0 Å². The number of hydrogen-bond donors (Lipinski definition) is 0. The summed E-state index contributed by atoms with van der Waals surface area (Å²) < 4.78 is 28.8. The molecule has 6 nitrogen and oxygen atoms in total. The number of hydrogen-bond acceptors (Lipinski definition) is 5. The topological polar surface area (TPSA) is 76.0 Å². The van der Waals surface area contributed by atoms with Gasteiger partial charge in [-0.05, 0) is 19.1 Å². The van der Waals surface area contributed by atoms with E-state index >= 15 is 0 Å². The Morgan fingerprint density at radius 1 is 1.35 bits per heavy atom. The van der Waals surface area contributed by atoms with Crippen molar-refractivity contribution in [1.82, 2.24) is 4.90 Å². The van der Waals surface area contributed by atoms with E-state index in [1.807, 2.05) is 30.0 Å². The van der Waals surface area contributed by atoms with E-state index in [1.165, 1.54) is 11.8 Å². The molecular formula is C15H18N2O4S2. The van der Waals surface area contributed by atoms with Gasteiger partial charge >= 0.3 is 0 Å². The number of thioether (sulfide) groups is 1. The first-order chi connectivity index (χ1) is 11.0. The molecule has 2 aliphatic rings. The van der Waals surface area contributed by atoms with Crippen LogP contribution in [0.5, 0.6) is 5.75 Å². The summed E-state index contributed by atoms with van der Waals surface area (Å²) in [5.41, 5.74) is 0. The molecule has 0 aliphatic carbocycles. The van der Waals surface area contributed by atoms with Crippen molar-refractivity contribution in [1.29, 1.82) is 0 Å². The van der Waals surface area contributed by atoms with Crippen molar-refractivity contribution in [2.45, 2.75) is 18.2 Å². The molecule has 0 aromatic heterocycles. The van der Waals surface area contributed by atoms with Crippen LogP contribution in [0.3, 0.4) is 0 Å². The molecule has 1 aromatic rings. The Labute approximate surface area is 139 Å². The van der Waals surface area contributed by atoms with E-state index in [-0.39, 0.29) is 35.3 Å². The van der Waals surface area contributed by atoms with Crippen LogP contribution in [0.1, 0.15) is 6.92 Å². The van der Waals surface area contributed by atoms with Crippen molar-refractivity contribution in [3.05, 3.63) is 30.3 Å². The lowest BCUT2D eigenvalue weighted by atomic mass is 10.2. The highest BCUT2D eigenvalue weighted by atomic mass is 32.2. The van der Waals surface area contributed by atoms with Crippen molar-refractivity contribution in [2.75, 3.05) is 24.7 Å². The quantitative estimate of drug-likeness (QED) is 0.808. The lowest BCUT2D eigenvalue weighted by Crippen LogP contribution is -2.37. The third kappa shape index (κ3) is 3.69. The number of carbonyl (C=O) groups excluding carboxylic acids is 1. The summed E-state index contributed by atoms with van der Waals surface area (Å²) in [5, 5.41) is 0.584. The van der Waals surface area contributed by atoms with E-state index < -0.39 is 9.84 Å². The molecule has 0 radical (unpaired) electrons. The van der Waals surface area contributed by atoms with Crippen molar-refractivity contribution in [3.8, 4) is 5.75 Å². The van der Waals surface area contributed by atoms with E-state index in [0.717, 1.165) is 0 Å². The molecule has 23 heavy (non-hydrogen) atoms. The fourth-order valence-electron chi connectivity index (χ4n) is 2.81. The first-order valence-corrected chi connectivity index (χ1v) is 10.1. The zero-order chi connectivity index (χ0) is 16.4. The summed E-state index contributed by atoms with van der Waals surface area (Å²) in [6.07, 6.45) is 0. The normalized spacial score (nSPS) is 27.2. The van der Waals surface area contributed by atoms with Gasteiger partial charge in [0.25, 0.3) is 5.91 Å². The zero-order valence-electron chi connectivity index (χ0n) is 12.7. The Kier molecular flexibility index (Phi) is 4.63. The highest BCUT2D eigenvalue weighted by Gasteiger charge is 2.48. The first kappa shape index (κ1) is 16.3. The maximum atomic E-state index is 12.0. The Balaban J connectivity index is 1.64. The first-order valence-electron chi connectivity index (χ1n) is 7.41. The van der Waals surface area contributed by atoms with E-state index in [0.29, 0.717) is 17.5 Å².